The van der Waals surface area contributed by atoms with E-state index < -0.39 is 0 Å². The number of benzene rings is 1. The number of ketones is 1. The van der Waals surface area contributed by atoms with Gasteiger partial charge in [0.25, 0.3) is 0 Å². The third-order valence-electron chi connectivity index (χ3n) is 5.70. The summed E-state index contributed by atoms with van der Waals surface area (Å²) in [5.41, 5.74) is 3.84. The minimum atomic E-state index is -0.274. The first kappa shape index (κ1) is 17.7. The number of hydrogen-bond acceptors (Lipinski definition) is 6. The van der Waals surface area contributed by atoms with Crippen LogP contribution in [0.1, 0.15) is 41.9 Å². The number of allylic oxidation sites excluding steroid dienone is 2. The number of furan rings is 1. The number of fused-ring (bicyclic) bond motifs is 1. The van der Waals surface area contributed by atoms with Crippen molar-refractivity contribution in [3.63, 3.8) is 0 Å². The molecule has 0 saturated carbocycles. The Morgan fingerprint density at radius 3 is 2.66 bits per heavy atom. The lowest BCUT2D eigenvalue weighted by Crippen LogP contribution is -2.33. The lowest BCUT2D eigenvalue weighted by molar-refractivity contribution is -0.117. The zero-order valence-electron chi connectivity index (χ0n) is 16.7. The van der Waals surface area contributed by atoms with Gasteiger partial charge in [-0.2, -0.15) is 10.1 Å². The number of carbonyl (C=O) groups excluding carboxylic acids is 1. The van der Waals surface area contributed by atoms with Crippen LogP contribution >= 0.6 is 0 Å². The molecule has 7 heteroatoms. The minimum absolute atomic E-state index is 0.0380. The maximum atomic E-state index is 13.3. The first-order valence-electron chi connectivity index (χ1n) is 9.78. The summed E-state index contributed by atoms with van der Waals surface area (Å²) in [5.74, 6) is 2.37. The second-order valence-corrected chi connectivity index (χ2v) is 7.88. The van der Waals surface area contributed by atoms with Gasteiger partial charge in [-0.15, -0.1) is 0 Å². The van der Waals surface area contributed by atoms with Crippen LogP contribution in [-0.4, -0.2) is 34.6 Å². The number of anilines is 2. The lowest BCUT2D eigenvalue weighted by atomic mass is 9.79. The van der Waals surface area contributed by atoms with E-state index in [0.717, 1.165) is 28.3 Å². The van der Waals surface area contributed by atoms with E-state index in [9.17, 15) is 4.79 Å². The first-order valence-corrected chi connectivity index (χ1v) is 9.78. The van der Waals surface area contributed by atoms with Gasteiger partial charge >= 0.3 is 0 Å². The number of aryl methyl sites for hydroxylation is 1. The van der Waals surface area contributed by atoms with Gasteiger partial charge in [0.15, 0.2) is 5.78 Å². The van der Waals surface area contributed by atoms with Crippen LogP contribution in [0.4, 0.5) is 11.6 Å². The number of nitrogens with zero attached hydrogens (tertiary/aromatic N) is 4. The molecule has 1 aliphatic carbocycles. The molecular weight excluding hydrogens is 366 g/mol. The molecule has 0 unspecified atom stereocenters. The van der Waals surface area contributed by atoms with Crippen LogP contribution in [-0.2, 0) is 4.79 Å². The molecule has 5 rings (SSSR count). The summed E-state index contributed by atoms with van der Waals surface area (Å²) < 4.78 is 7.42. The molecule has 0 amide bonds. The number of Topliss-reactive ketones (excluding diaryl/α,β-unsaturated/α-hetero) is 1. The smallest absolute Gasteiger partial charge is 0.226 e. The molecular formula is C22H23N5O2. The Balaban J connectivity index is 1.60. The quantitative estimate of drug-likeness (QED) is 0.737. The summed E-state index contributed by atoms with van der Waals surface area (Å²) in [4.78, 5) is 19.9. The molecule has 1 N–H and O–H groups in total. The Hall–Kier alpha value is -3.35. The van der Waals surface area contributed by atoms with Gasteiger partial charge in [0.2, 0.25) is 5.95 Å². The molecule has 2 aliphatic rings. The summed E-state index contributed by atoms with van der Waals surface area (Å²) in [6.07, 6.45) is 2.81. The summed E-state index contributed by atoms with van der Waals surface area (Å²) >= 11 is 0. The molecule has 148 valence electrons. The normalized spacial score (nSPS) is 20.9. The van der Waals surface area contributed by atoms with Crippen LogP contribution in [0, 0.1) is 6.92 Å². The van der Waals surface area contributed by atoms with Crippen molar-refractivity contribution < 1.29 is 9.21 Å². The fourth-order valence-electron chi connectivity index (χ4n) is 4.31. The highest BCUT2D eigenvalue weighted by Gasteiger charge is 2.40. The van der Waals surface area contributed by atoms with Gasteiger partial charge in [-0.3, -0.25) is 4.79 Å². The summed E-state index contributed by atoms with van der Waals surface area (Å²) in [6.45, 7) is 1.87. The molecule has 0 bridgehead atoms. The van der Waals surface area contributed by atoms with Crippen molar-refractivity contribution in [1.29, 1.82) is 0 Å². The maximum Gasteiger partial charge on any atom is 0.226 e. The second kappa shape index (κ2) is 6.62. The largest absolute Gasteiger partial charge is 0.469 e. The average molecular weight is 389 g/mol. The second-order valence-electron chi connectivity index (χ2n) is 7.88. The van der Waals surface area contributed by atoms with Gasteiger partial charge in [-0.05, 0) is 43.2 Å². The Morgan fingerprint density at radius 2 is 1.97 bits per heavy atom. The molecule has 0 saturated heterocycles. The van der Waals surface area contributed by atoms with Gasteiger partial charge in [0.05, 0.1) is 6.26 Å². The molecule has 3 aromatic rings. The standard InChI is InChI=1S/C22H23N5O2/c1-13-23-22-24-17-11-15(19-5-4-10-29-19)12-18(28)20(17)21(27(22)25-13)14-6-8-16(9-7-14)26(2)3/h4-10,15,21H,11-12H2,1-3H3,(H,23,24,25)/t15-,21-/m0/s1. The van der Waals surface area contributed by atoms with Gasteiger partial charge in [0, 0.05) is 43.4 Å². The van der Waals surface area contributed by atoms with Crippen molar-refractivity contribution in [2.45, 2.75) is 31.7 Å². The molecule has 2 atom stereocenters. The van der Waals surface area contributed by atoms with E-state index in [1.807, 2.05) is 37.8 Å². The fourth-order valence-corrected chi connectivity index (χ4v) is 4.31. The third-order valence-corrected chi connectivity index (χ3v) is 5.70. The van der Waals surface area contributed by atoms with Crippen LogP contribution in [0.25, 0.3) is 0 Å². The molecule has 7 nitrogen and oxygen atoms in total. The highest BCUT2D eigenvalue weighted by molar-refractivity contribution is 6.00. The van der Waals surface area contributed by atoms with Crippen molar-refractivity contribution in [3.8, 4) is 0 Å². The van der Waals surface area contributed by atoms with E-state index in [-0.39, 0.29) is 17.7 Å². The highest BCUT2D eigenvalue weighted by Crippen LogP contribution is 2.44. The maximum absolute atomic E-state index is 13.3. The molecule has 1 aromatic carbocycles. The number of rotatable bonds is 3. The molecule has 29 heavy (non-hydrogen) atoms. The lowest BCUT2D eigenvalue weighted by Gasteiger charge is -2.34. The first-order chi connectivity index (χ1) is 14.0. The van der Waals surface area contributed by atoms with Crippen LogP contribution in [0.15, 0.2) is 58.3 Å². The molecule has 2 aromatic heterocycles. The van der Waals surface area contributed by atoms with E-state index in [1.54, 1.807) is 6.26 Å². The van der Waals surface area contributed by atoms with Crippen LogP contribution in [0.3, 0.4) is 0 Å². The van der Waals surface area contributed by atoms with Crippen molar-refractivity contribution >= 4 is 17.4 Å². The van der Waals surface area contributed by atoms with Gasteiger partial charge < -0.3 is 14.6 Å². The predicted molar refractivity (Wildman–Crippen MR) is 110 cm³/mol. The van der Waals surface area contributed by atoms with Crippen molar-refractivity contribution in [3.05, 3.63) is 71.1 Å². The van der Waals surface area contributed by atoms with Crippen molar-refractivity contribution in [1.82, 2.24) is 14.8 Å². The molecule has 0 fully saturated rings. The Bertz CT molecular complexity index is 1090. The summed E-state index contributed by atoms with van der Waals surface area (Å²) in [6, 6.07) is 11.8. The zero-order chi connectivity index (χ0) is 20.1. The van der Waals surface area contributed by atoms with Crippen LogP contribution in [0.5, 0.6) is 0 Å². The monoisotopic (exact) mass is 389 g/mol. The van der Waals surface area contributed by atoms with E-state index in [1.165, 1.54) is 0 Å². The van der Waals surface area contributed by atoms with Gasteiger partial charge in [-0.25, -0.2) is 4.68 Å². The van der Waals surface area contributed by atoms with Crippen molar-refractivity contribution in [2.24, 2.45) is 0 Å². The van der Waals surface area contributed by atoms with Crippen molar-refractivity contribution in [2.75, 3.05) is 24.3 Å². The molecule has 1 aliphatic heterocycles. The molecule has 0 radical (unpaired) electrons. The predicted octanol–water partition coefficient (Wildman–Crippen LogP) is 3.66. The third kappa shape index (κ3) is 2.93. The van der Waals surface area contributed by atoms with Gasteiger partial charge in [-0.1, -0.05) is 12.1 Å². The minimum Gasteiger partial charge on any atom is -0.469 e. The Labute approximate surface area is 169 Å². The van der Waals surface area contributed by atoms with E-state index >= 15 is 0 Å². The van der Waals surface area contributed by atoms with Crippen LogP contribution in [0.2, 0.25) is 0 Å². The number of carbonyl (C=O) groups is 1. The van der Waals surface area contributed by atoms with Crippen LogP contribution < -0.4 is 10.2 Å². The van der Waals surface area contributed by atoms with E-state index in [2.05, 4.69) is 44.6 Å². The van der Waals surface area contributed by atoms with Gasteiger partial charge in [0.1, 0.15) is 17.6 Å². The number of hydrogen-bond donors (Lipinski definition) is 1. The Morgan fingerprint density at radius 1 is 1.17 bits per heavy atom. The molecule has 0 spiro atoms. The Kier molecular flexibility index (Phi) is 4.04. The number of aromatic nitrogens is 3. The van der Waals surface area contributed by atoms with E-state index in [4.69, 9.17) is 4.42 Å². The SMILES string of the molecule is Cc1nc2n(n1)[C@@H](c1ccc(N(C)C)cc1)C1=C(C[C@H](c3ccco3)CC1=O)N2. The topological polar surface area (TPSA) is 76.2 Å². The summed E-state index contributed by atoms with van der Waals surface area (Å²) in [5, 5.41) is 7.96. The zero-order valence-corrected chi connectivity index (χ0v) is 16.7. The number of nitrogens with one attached hydrogen (secondary N) is 1. The summed E-state index contributed by atoms with van der Waals surface area (Å²) in [7, 11) is 4.02. The van der Waals surface area contributed by atoms with E-state index in [0.29, 0.717) is 24.6 Å². The molecule has 3 heterocycles. The average Bonchev–Trinajstić information content (AvgIpc) is 3.35. The fraction of sp³-hybridized carbons (Fsp3) is 0.318. The highest BCUT2D eigenvalue weighted by atomic mass is 16.3.